The van der Waals surface area contributed by atoms with Crippen LogP contribution < -0.4 is 15.1 Å². The second kappa shape index (κ2) is 42.8. The van der Waals surface area contributed by atoms with Crippen LogP contribution in [-0.2, 0) is 36.6 Å². The zero-order valence-electron chi connectivity index (χ0n) is 72.2. The van der Waals surface area contributed by atoms with Gasteiger partial charge < -0.3 is 52.9 Å². The first-order valence-electron chi connectivity index (χ1n) is 44.0. The van der Waals surface area contributed by atoms with Gasteiger partial charge in [0.25, 0.3) is 0 Å². The lowest BCUT2D eigenvalue weighted by atomic mass is 9.96. The molecule has 668 valence electrons. The maximum absolute atomic E-state index is 8.88. The summed E-state index contributed by atoms with van der Waals surface area (Å²) in [4.78, 5) is 54.5. The minimum absolute atomic E-state index is 0.136. The van der Waals surface area contributed by atoms with Gasteiger partial charge in [-0.15, -0.1) is 0 Å². The molecule has 5 aliphatic rings. The van der Waals surface area contributed by atoms with E-state index in [0.717, 1.165) is 286 Å². The third-order valence-electron chi connectivity index (χ3n) is 23.8. The molecule has 0 aliphatic carbocycles. The van der Waals surface area contributed by atoms with Crippen molar-refractivity contribution in [2.24, 2.45) is 5.92 Å². The number of fused-ring (bicyclic) bond motifs is 6. The molecule has 12 aromatic heterocycles. The molecule has 6 aromatic carbocycles. The van der Waals surface area contributed by atoms with Crippen molar-refractivity contribution in [3.05, 3.63) is 317 Å². The van der Waals surface area contributed by atoms with Gasteiger partial charge in [0.1, 0.15) is 17.5 Å². The number of halogens is 5. The van der Waals surface area contributed by atoms with Gasteiger partial charge in [-0.25, -0.2) is 24.9 Å². The van der Waals surface area contributed by atoms with E-state index in [0.29, 0.717) is 30.8 Å². The molecule has 5 fully saturated rings. The van der Waals surface area contributed by atoms with Crippen LogP contribution in [0.2, 0.25) is 25.1 Å². The summed E-state index contributed by atoms with van der Waals surface area (Å²) in [6.07, 6.45) is 40.2. The van der Waals surface area contributed by atoms with Crippen LogP contribution in [0.25, 0.3) is 100 Å². The molecule has 131 heavy (non-hydrogen) atoms. The zero-order chi connectivity index (χ0) is 89.4. The number of aliphatic hydroxyl groups is 1. The Kier molecular flexibility index (Phi) is 29.3. The van der Waals surface area contributed by atoms with Crippen molar-refractivity contribution in [2.45, 2.75) is 63.8 Å². The van der Waals surface area contributed by atoms with Gasteiger partial charge >= 0.3 is 0 Å². The Labute approximate surface area is 782 Å². The lowest BCUT2D eigenvalue weighted by Gasteiger charge is -2.26. The van der Waals surface area contributed by atoms with E-state index >= 15 is 0 Å². The summed E-state index contributed by atoms with van der Waals surface area (Å²) in [5, 5.41) is 16.9. The number of aromatic nitrogens is 17. The highest BCUT2D eigenvalue weighted by Gasteiger charge is 2.29. The van der Waals surface area contributed by atoms with Gasteiger partial charge in [-0.1, -0.05) is 136 Å². The van der Waals surface area contributed by atoms with E-state index in [1.807, 2.05) is 208 Å². The number of hydrogen-bond acceptors (Lipinski definition) is 20. The van der Waals surface area contributed by atoms with Gasteiger partial charge in [-0.05, 0) is 129 Å². The first kappa shape index (κ1) is 89.5. The van der Waals surface area contributed by atoms with Crippen LogP contribution in [0.1, 0.15) is 72.5 Å². The fourth-order valence-electron chi connectivity index (χ4n) is 17.0. The highest BCUT2D eigenvalue weighted by molar-refractivity contribution is 6.32. The van der Waals surface area contributed by atoms with E-state index < -0.39 is 0 Å². The SMILES string of the molecule is Cc1ccc(-c2nc(N3CCOCC3)n3ccncc23)cc1.Clc1ccc(-c2nc(C3CCOC3)n3ccncc23)cc1.Clc1ccc(-c2nc(C3CCOCC3)n3ccncc23)cc1.Clc1ccc(-c2nc(CC3CCOCC3)n3ccncc23)cc1.Clc1ccc(-c2nc(N3CCOCC3)n3ccncc23)cc1.OCCNCc1cn(-c2ccc(Cl)cc2)c2cnccc12. The van der Waals surface area contributed by atoms with Gasteiger partial charge in [0.2, 0.25) is 11.9 Å². The smallest absolute Gasteiger partial charge is 0.211 e. The standard InChI is InChI=1S/C18H18ClN3O.C17H16ClN3O.C17H18N4O.C16H15ClN4O.C16H14ClN3O.C16H16ClN3O/c19-15-3-1-14(2-4-15)18-16-12-20-7-8-22(16)17(21-18)11-13-5-9-23-10-6-13;18-14-3-1-12(2-4-14)16-15-11-19-7-8-21(15)17(20-16)13-5-9-22-10-6-13;1-13-2-4-14(5-3-13)16-15-12-18-6-7-21(15)17(19-16)20-8-10-22-11-9-20;17-13-3-1-12(2-4-13)15-14-11-18-5-6-21(14)16(19-15)20-7-9-22-10-8-20;17-13-3-1-11(2-4-13)15-14-9-18-6-7-20(14)16(19-15)12-5-8-21-10-12;17-13-1-3-14(4-2-13)20-11-12(9-19-7-8-21)15-5-6-18-10-16(15)20/h1-4,7-8,12-13H,5-6,9-11H2;1-4,7-8,11,13H,5-6,9-10H2;2-7,12H,8-11H2,1H3;1-6,11H,7-10H2;1-4,6-7,9,12H,5,8,10H2;1-6,10-11,19,21H,7-9H2. The maximum Gasteiger partial charge on any atom is 0.211 e. The second-order valence-corrected chi connectivity index (χ2v) is 34.5. The molecule has 0 amide bonds. The van der Waals surface area contributed by atoms with Gasteiger partial charge in [0.15, 0.2) is 0 Å². The quantitative estimate of drug-likeness (QED) is 0.0853. The van der Waals surface area contributed by atoms with Crippen molar-refractivity contribution >= 4 is 108 Å². The fraction of sp³-hybridized carbons (Fsp3) is 0.270. The third-order valence-corrected chi connectivity index (χ3v) is 25.1. The zero-order valence-corrected chi connectivity index (χ0v) is 76.0. The summed E-state index contributed by atoms with van der Waals surface area (Å²) in [6, 6.07) is 49.3. The molecule has 0 saturated carbocycles. The second-order valence-electron chi connectivity index (χ2n) is 32.3. The Morgan fingerprint density at radius 1 is 0.366 bits per heavy atom. The molecule has 26 nitrogen and oxygen atoms in total. The molecule has 5 saturated heterocycles. The highest BCUT2D eigenvalue weighted by Crippen LogP contribution is 2.38. The molecule has 0 spiro atoms. The summed E-state index contributed by atoms with van der Waals surface area (Å²) in [7, 11) is 0. The van der Waals surface area contributed by atoms with Crippen molar-refractivity contribution in [3.63, 3.8) is 0 Å². The van der Waals surface area contributed by atoms with Crippen molar-refractivity contribution in [2.75, 3.05) is 115 Å². The molecule has 17 heterocycles. The predicted molar refractivity (Wildman–Crippen MR) is 516 cm³/mol. The van der Waals surface area contributed by atoms with Gasteiger partial charge in [0.05, 0.1) is 138 Å². The van der Waals surface area contributed by atoms with Crippen LogP contribution in [0.4, 0.5) is 11.9 Å². The summed E-state index contributed by atoms with van der Waals surface area (Å²) < 4.78 is 40.1. The molecule has 18 aromatic rings. The predicted octanol–water partition coefficient (Wildman–Crippen LogP) is 19.7. The van der Waals surface area contributed by atoms with Gasteiger partial charge in [-0.3, -0.25) is 47.5 Å². The number of rotatable bonds is 16. The third kappa shape index (κ3) is 21.1. The minimum Gasteiger partial charge on any atom is -0.395 e. The van der Waals surface area contributed by atoms with Gasteiger partial charge in [0, 0.05) is 229 Å². The summed E-state index contributed by atoms with van der Waals surface area (Å²) in [5.74, 6) is 6.58. The summed E-state index contributed by atoms with van der Waals surface area (Å²) in [5.41, 5.74) is 19.8. The number of ether oxygens (including phenoxy) is 5. The Hall–Kier alpha value is -12.1. The average molecular weight is 1850 g/mol. The summed E-state index contributed by atoms with van der Waals surface area (Å²) in [6.45, 7) is 14.8. The van der Waals surface area contributed by atoms with Crippen LogP contribution in [0.15, 0.2) is 263 Å². The maximum atomic E-state index is 8.88. The lowest BCUT2D eigenvalue weighted by molar-refractivity contribution is 0.0659. The topological polar surface area (TPSA) is 254 Å². The highest BCUT2D eigenvalue weighted by atomic mass is 35.5. The molecule has 5 aliphatic heterocycles. The number of hydrogen-bond donors (Lipinski definition) is 2. The number of benzene rings is 6. The molecular formula is C100H97Cl5N20O6. The van der Waals surface area contributed by atoms with E-state index in [-0.39, 0.29) is 6.61 Å². The molecule has 31 heteroatoms. The van der Waals surface area contributed by atoms with Crippen LogP contribution in [0, 0.1) is 12.8 Å². The average Bonchev–Trinajstić information content (AvgIpc) is 1.64. The first-order valence-corrected chi connectivity index (χ1v) is 45.9. The molecule has 0 radical (unpaired) electrons. The minimum atomic E-state index is 0.136. The molecule has 0 bridgehead atoms. The van der Waals surface area contributed by atoms with Crippen LogP contribution in [0.5, 0.6) is 0 Å². The molecule has 1 atom stereocenters. The number of aliphatic hydroxyl groups excluding tert-OH is 1. The summed E-state index contributed by atoms with van der Waals surface area (Å²) >= 11 is 29.9. The number of morpholine rings is 2. The van der Waals surface area contributed by atoms with Crippen molar-refractivity contribution in [3.8, 4) is 62.0 Å². The van der Waals surface area contributed by atoms with E-state index in [2.05, 4.69) is 109 Å². The Balaban J connectivity index is 0.000000106. The fourth-order valence-corrected chi connectivity index (χ4v) is 17.6. The largest absolute Gasteiger partial charge is 0.395 e. The van der Waals surface area contributed by atoms with Gasteiger partial charge in [-0.2, -0.15) is 0 Å². The van der Waals surface area contributed by atoms with Crippen molar-refractivity contribution < 1.29 is 28.8 Å². The number of imidazole rings is 5. The number of pyridine rings is 1. The van der Waals surface area contributed by atoms with Crippen LogP contribution in [-0.4, -0.2) is 192 Å². The monoisotopic (exact) mass is 1850 g/mol. The van der Waals surface area contributed by atoms with E-state index in [4.69, 9.17) is 112 Å². The van der Waals surface area contributed by atoms with E-state index in [1.54, 1.807) is 24.8 Å². The number of aryl methyl sites for hydroxylation is 1. The lowest BCUT2D eigenvalue weighted by Crippen LogP contribution is -2.37. The molecule has 23 rings (SSSR count). The molecule has 2 N–H and O–H groups in total. The molecular weight excluding hydrogens is 1750 g/mol. The Morgan fingerprint density at radius 2 is 0.725 bits per heavy atom. The van der Waals surface area contributed by atoms with E-state index in [1.165, 1.54) is 11.1 Å². The van der Waals surface area contributed by atoms with Crippen molar-refractivity contribution in [1.29, 1.82) is 0 Å². The number of anilines is 2. The van der Waals surface area contributed by atoms with E-state index in [9.17, 15) is 0 Å². The normalized spacial score (nSPS) is 15.5. The molecule has 1 unspecified atom stereocenters. The number of nitrogens with one attached hydrogen (secondary N) is 1. The Morgan fingerprint density at radius 3 is 1.18 bits per heavy atom. The Bertz CT molecular complexity index is 6480. The van der Waals surface area contributed by atoms with Crippen LogP contribution in [0.3, 0.4) is 0 Å². The van der Waals surface area contributed by atoms with Crippen molar-refractivity contribution in [1.82, 2.24) is 86.7 Å². The first-order chi connectivity index (χ1) is 64.4. The number of nitrogens with zero attached hydrogens (tertiary/aromatic N) is 19. The van der Waals surface area contributed by atoms with Crippen LogP contribution >= 0.6 is 58.0 Å².